The van der Waals surface area contributed by atoms with Gasteiger partial charge in [-0.05, 0) is 79.7 Å². The summed E-state index contributed by atoms with van der Waals surface area (Å²) in [4.78, 5) is 0. The highest BCUT2D eigenvalue weighted by Gasteiger charge is 2.19. The van der Waals surface area contributed by atoms with Gasteiger partial charge >= 0.3 is 0 Å². The van der Waals surface area contributed by atoms with Crippen molar-refractivity contribution >= 4 is 43.4 Å². The van der Waals surface area contributed by atoms with Gasteiger partial charge in [-0.15, -0.1) is 0 Å². The number of para-hydroxylation sites is 1. The Bertz CT molecular complexity index is 2770. The summed E-state index contributed by atoms with van der Waals surface area (Å²) in [5, 5.41) is 27.2. The van der Waals surface area contributed by atoms with Gasteiger partial charge in [0, 0.05) is 16.3 Å². The lowest BCUT2D eigenvalue weighted by molar-refractivity contribution is 1.17. The van der Waals surface area contributed by atoms with Crippen LogP contribution in [0.5, 0.6) is 0 Å². The molecule has 3 heteroatoms. The van der Waals surface area contributed by atoms with Crippen molar-refractivity contribution in [2.45, 2.75) is 0 Å². The topological polar surface area (TPSA) is 52.5 Å². The highest BCUT2D eigenvalue weighted by atomic mass is 15.0. The van der Waals surface area contributed by atoms with Crippen LogP contribution in [0.1, 0.15) is 11.1 Å². The van der Waals surface area contributed by atoms with Crippen LogP contribution in [0.3, 0.4) is 0 Å². The monoisotopic (exact) mass is 621 g/mol. The minimum Gasteiger partial charge on any atom is -0.308 e. The van der Waals surface area contributed by atoms with E-state index in [2.05, 4.69) is 132 Å². The molecule has 0 radical (unpaired) electrons. The van der Waals surface area contributed by atoms with Gasteiger partial charge in [0.15, 0.2) is 0 Å². The summed E-state index contributed by atoms with van der Waals surface area (Å²) < 4.78 is 2.15. The van der Waals surface area contributed by atoms with Crippen molar-refractivity contribution in [3.05, 3.63) is 175 Å². The van der Waals surface area contributed by atoms with Crippen LogP contribution in [-0.4, -0.2) is 4.57 Å². The first-order valence-electron chi connectivity index (χ1n) is 16.3. The van der Waals surface area contributed by atoms with Gasteiger partial charge in [0.25, 0.3) is 0 Å². The fourth-order valence-electron chi connectivity index (χ4n) is 7.56. The van der Waals surface area contributed by atoms with E-state index in [1.807, 2.05) is 48.5 Å². The molecule has 0 fully saturated rings. The zero-order valence-corrected chi connectivity index (χ0v) is 26.4. The van der Waals surface area contributed by atoms with Gasteiger partial charge in [-0.3, -0.25) is 0 Å². The summed E-state index contributed by atoms with van der Waals surface area (Å²) in [7, 11) is 0. The number of fused-ring (bicyclic) bond motifs is 5. The minimum atomic E-state index is 0.602. The van der Waals surface area contributed by atoms with E-state index in [1.54, 1.807) is 0 Å². The number of benzene rings is 8. The first-order valence-corrected chi connectivity index (χ1v) is 16.3. The van der Waals surface area contributed by atoms with Gasteiger partial charge in [0.2, 0.25) is 0 Å². The predicted octanol–water partition coefficient (Wildman–Crippen LogP) is 11.8. The number of nitrogens with zero attached hydrogens (tertiary/aromatic N) is 3. The lowest BCUT2D eigenvalue weighted by Crippen LogP contribution is -1.99. The van der Waals surface area contributed by atoms with Gasteiger partial charge in [-0.2, -0.15) is 10.5 Å². The van der Waals surface area contributed by atoms with Crippen LogP contribution in [0.2, 0.25) is 0 Å². The Balaban J connectivity index is 1.22. The summed E-state index contributed by atoms with van der Waals surface area (Å²) in [5.41, 5.74) is 10.6. The zero-order valence-electron chi connectivity index (χ0n) is 26.4. The minimum absolute atomic E-state index is 0.602. The molecule has 0 N–H and O–H groups in total. The molecule has 0 aliphatic heterocycles. The maximum atomic E-state index is 10.7. The Morgan fingerprint density at radius 1 is 0.388 bits per heavy atom. The van der Waals surface area contributed by atoms with Crippen LogP contribution >= 0.6 is 0 Å². The molecule has 9 rings (SSSR count). The van der Waals surface area contributed by atoms with Crippen molar-refractivity contribution in [1.82, 2.24) is 4.57 Å². The number of aromatic nitrogens is 1. The van der Waals surface area contributed by atoms with Crippen LogP contribution < -0.4 is 0 Å². The molecule has 0 bridgehead atoms. The largest absolute Gasteiger partial charge is 0.308 e. The van der Waals surface area contributed by atoms with Crippen molar-refractivity contribution in [1.29, 1.82) is 10.5 Å². The quantitative estimate of drug-likeness (QED) is 0.184. The molecule has 0 saturated heterocycles. The Kier molecular flexibility index (Phi) is 6.58. The van der Waals surface area contributed by atoms with Gasteiger partial charge in [0.05, 0.1) is 33.9 Å². The molecular weight excluding hydrogens is 595 g/mol. The fraction of sp³-hybridized carbons (Fsp3) is 0. The lowest BCUT2D eigenvalue weighted by atomic mass is 9.85. The van der Waals surface area contributed by atoms with E-state index < -0.39 is 0 Å². The number of hydrogen-bond donors (Lipinski definition) is 0. The normalized spacial score (nSPS) is 11.2. The molecule has 1 heterocycles. The molecule has 0 aliphatic rings. The van der Waals surface area contributed by atoms with Crippen molar-refractivity contribution in [2.75, 3.05) is 0 Å². The zero-order chi connectivity index (χ0) is 32.9. The molecule has 0 atom stereocenters. The molecule has 9 aromatic rings. The van der Waals surface area contributed by atoms with Crippen LogP contribution in [0.25, 0.3) is 82.4 Å². The van der Waals surface area contributed by atoms with E-state index in [0.29, 0.717) is 11.1 Å². The lowest BCUT2D eigenvalue weighted by Gasteiger charge is -2.18. The smallest absolute Gasteiger partial charge is 0.102 e. The van der Waals surface area contributed by atoms with Gasteiger partial charge in [0.1, 0.15) is 6.07 Å². The molecule has 0 unspecified atom stereocenters. The number of rotatable bonds is 4. The molecule has 0 spiro atoms. The molecule has 8 aromatic carbocycles. The Labute approximate surface area is 283 Å². The molecule has 0 saturated carbocycles. The van der Waals surface area contributed by atoms with E-state index in [4.69, 9.17) is 0 Å². The predicted molar refractivity (Wildman–Crippen MR) is 202 cm³/mol. The van der Waals surface area contributed by atoms with Crippen molar-refractivity contribution in [3.63, 3.8) is 0 Å². The second kappa shape index (κ2) is 11.4. The Morgan fingerprint density at radius 2 is 0.918 bits per heavy atom. The third-order valence-electron chi connectivity index (χ3n) is 9.68. The van der Waals surface area contributed by atoms with Crippen LogP contribution in [-0.2, 0) is 0 Å². The van der Waals surface area contributed by atoms with Gasteiger partial charge < -0.3 is 4.57 Å². The summed E-state index contributed by atoms with van der Waals surface area (Å²) in [5.74, 6) is 0. The molecule has 49 heavy (non-hydrogen) atoms. The van der Waals surface area contributed by atoms with Crippen molar-refractivity contribution in [2.24, 2.45) is 0 Å². The maximum absolute atomic E-state index is 10.7. The summed E-state index contributed by atoms with van der Waals surface area (Å²) in [6.45, 7) is 0. The van der Waals surface area contributed by atoms with Crippen LogP contribution in [0, 0.1) is 22.7 Å². The molecular formula is C46H27N3. The second-order valence-electron chi connectivity index (χ2n) is 12.3. The van der Waals surface area contributed by atoms with Gasteiger partial charge in [-0.1, -0.05) is 133 Å². The summed E-state index contributed by atoms with van der Waals surface area (Å²) >= 11 is 0. The molecule has 0 amide bonds. The van der Waals surface area contributed by atoms with Gasteiger partial charge in [-0.25, -0.2) is 0 Å². The fourth-order valence-corrected chi connectivity index (χ4v) is 7.56. The molecule has 226 valence electrons. The molecule has 0 aliphatic carbocycles. The van der Waals surface area contributed by atoms with E-state index in [-0.39, 0.29) is 0 Å². The van der Waals surface area contributed by atoms with E-state index >= 15 is 0 Å². The third-order valence-corrected chi connectivity index (χ3v) is 9.68. The van der Waals surface area contributed by atoms with Crippen molar-refractivity contribution in [3.8, 4) is 51.2 Å². The van der Waals surface area contributed by atoms with E-state index in [0.717, 1.165) is 44.2 Å². The van der Waals surface area contributed by atoms with Crippen LogP contribution in [0.15, 0.2) is 164 Å². The average molecular weight is 622 g/mol. The summed E-state index contributed by atoms with van der Waals surface area (Å²) in [6.07, 6.45) is 0. The molecule has 1 aromatic heterocycles. The molecule has 3 nitrogen and oxygen atoms in total. The number of hydrogen-bond acceptors (Lipinski definition) is 2. The van der Waals surface area contributed by atoms with Crippen molar-refractivity contribution < 1.29 is 0 Å². The second-order valence-corrected chi connectivity index (χ2v) is 12.3. The highest BCUT2D eigenvalue weighted by Crippen LogP contribution is 2.44. The first-order chi connectivity index (χ1) is 24.2. The average Bonchev–Trinajstić information content (AvgIpc) is 3.50. The summed E-state index contributed by atoms with van der Waals surface area (Å²) in [6, 6.07) is 61.4. The van der Waals surface area contributed by atoms with Crippen LogP contribution in [0.4, 0.5) is 0 Å². The number of nitriles is 2. The maximum Gasteiger partial charge on any atom is 0.102 e. The van der Waals surface area contributed by atoms with E-state index in [1.165, 1.54) is 38.2 Å². The van der Waals surface area contributed by atoms with E-state index in [9.17, 15) is 10.5 Å². The first kappa shape index (κ1) is 28.3. The Hall–Kier alpha value is -6.94. The Morgan fingerprint density at radius 3 is 1.53 bits per heavy atom. The third kappa shape index (κ3) is 4.42. The SMILES string of the molecule is N#Cc1ccc2c(c1)c1ccccc1n2-c1cccc(-c2ccc(-c3c4ccccc4c(-c4ccccc4)c4ccccc34)cc2)c1C#N. The highest BCUT2D eigenvalue weighted by molar-refractivity contribution is 6.21. The standard InChI is InChI=1S/C46H27N3/c47-28-30-21-26-44-40(27-30)35-13-8-9-19-42(35)49(44)43-20-10-18-34(41(43)29-48)31-22-24-33(25-23-31)46-38-16-6-4-14-36(38)45(32-11-2-1-3-12-32)37-15-5-7-17-39(37)46/h1-27H.